The fraction of sp³-hybridized carbons (Fsp3) is 0.455. The van der Waals surface area contributed by atoms with Crippen molar-refractivity contribution < 1.29 is 4.74 Å². The number of benzene rings is 1. The first kappa shape index (κ1) is 11.4. The van der Waals surface area contributed by atoms with Crippen molar-refractivity contribution in [3.05, 3.63) is 24.3 Å². The van der Waals surface area contributed by atoms with Crippen molar-refractivity contribution >= 4 is 21.6 Å². The Bertz CT molecular complexity index is 278. The van der Waals surface area contributed by atoms with E-state index in [2.05, 4.69) is 33.9 Å². The third-order valence-corrected chi connectivity index (χ3v) is 2.68. The average Bonchev–Trinajstić information content (AvgIpc) is 2.25. The van der Waals surface area contributed by atoms with E-state index in [0.717, 1.165) is 29.7 Å². The molecular formula is C11H16BrNO. The lowest BCUT2D eigenvalue weighted by Gasteiger charge is -2.21. The Morgan fingerprint density at radius 2 is 2.07 bits per heavy atom. The Hall–Kier alpha value is -0.700. The number of hydrogen-bond acceptors (Lipinski definition) is 2. The van der Waals surface area contributed by atoms with E-state index >= 15 is 0 Å². The monoisotopic (exact) mass is 257 g/mol. The van der Waals surface area contributed by atoms with Crippen molar-refractivity contribution in [1.82, 2.24) is 0 Å². The van der Waals surface area contributed by atoms with Crippen LogP contribution in [-0.4, -0.2) is 26.0 Å². The molecule has 0 aromatic heterocycles. The molecule has 1 rings (SSSR count). The van der Waals surface area contributed by atoms with Gasteiger partial charge in [-0.05, 0) is 18.6 Å². The van der Waals surface area contributed by atoms with Gasteiger partial charge in [0.05, 0.1) is 12.8 Å². The largest absolute Gasteiger partial charge is 0.495 e. The molecule has 14 heavy (non-hydrogen) atoms. The number of anilines is 1. The molecule has 0 spiro atoms. The van der Waals surface area contributed by atoms with Crippen LogP contribution in [0.15, 0.2) is 24.3 Å². The van der Waals surface area contributed by atoms with Crippen LogP contribution in [0, 0.1) is 0 Å². The third kappa shape index (κ3) is 2.91. The summed E-state index contributed by atoms with van der Waals surface area (Å²) in [5.74, 6) is 0.935. The molecular weight excluding hydrogens is 242 g/mol. The number of alkyl halides is 1. The molecule has 0 atom stereocenters. The molecule has 1 aromatic rings. The molecule has 0 aliphatic carbocycles. The highest BCUT2D eigenvalue weighted by Crippen LogP contribution is 2.26. The van der Waals surface area contributed by atoms with Crippen LogP contribution in [0.4, 0.5) is 5.69 Å². The van der Waals surface area contributed by atoms with Crippen LogP contribution in [-0.2, 0) is 0 Å². The maximum absolute atomic E-state index is 5.29. The van der Waals surface area contributed by atoms with E-state index < -0.39 is 0 Å². The highest BCUT2D eigenvalue weighted by Gasteiger charge is 2.05. The number of ether oxygens (including phenoxy) is 1. The van der Waals surface area contributed by atoms with Crippen LogP contribution >= 0.6 is 15.9 Å². The summed E-state index contributed by atoms with van der Waals surface area (Å²) in [6.07, 6.45) is 1.13. The van der Waals surface area contributed by atoms with Gasteiger partial charge in [0, 0.05) is 18.9 Å². The molecule has 0 saturated carbocycles. The summed E-state index contributed by atoms with van der Waals surface area (Å²) in [7, 11) is 3.79. The highest BCUT2D eigenvalue weighted by molar-refractivity contribution is 9.09. The first-order chi connectivity index (χ1) is 6.79. The predicted octanol–water partition coefficient (Wildman–Crippen LogP) is 2.92. The van der Waals surface area contributed by atoms with Gasteiger partial charge in [-0.15, -0.1) is 0 Å². The van der Waals surface area contributed by atoms with Gasteiger partial charge in [0.25, 0.3) is 0 Å². The van der Waals surface area contributed by atoms with Crippen LogP contribution in [0.2, 0.25) is 0 Å². The molecule has 0 N–H and O–H groups in total. The number of nitrogens with zero attached hydrogens (tertiary/aromatic N) is 1. The van der Waals surface area contributed by atoms with Crippen molar-refractivity contribution in [2.24, 2.45) is 0 Å². The quantitative estimate of drug-likeness (QED) is 0.753. The first-order valence-corrected chi connectivity index (χ1v) is 5.82. The summed E-state index contributed by atoms with van der Waals surface area (Å²) in [5, 5.41) is 1.03. The Morgan fingerprint density at radius 1 is 1.36 bits per heavy atom. The summed E-state index contributed by atoms with van der Waals surface area (Å²) in [5.41, 5.74) is 1.15. The summed E-state index contributed by atoms with van der Waals surface area (Å²) >= 11 is 3.43. The minimum Gasteiger partial charge on any atom is -0.495 e. The number of halogens is 1. The van der Waals surface area contributed by atoms with Crippen molar-refractivity contribution in [1.29, 1.82) is 0 Å². The minimum atomic E-state index is 0.935. The molecule has 0 bridgehead atoms. The lowest BCUT2D eigenvalue weighted by atomic mass is 10.2. The van der Waals surface area contributed by atoms with Crippen LogP contribution < -0.4 is 9.64 Å². The molecule has 0 heterocycles. The van der Waals surface area contributed by atoms with Gasteiger partial charge in [-0.1, -0.05) is 28.1 Å². The van der Waals surface area contributed by atoms with E-state index in [1.165, 1.54) is 0 Å². The molecule has 3 heteroatoms. The van der Waals surface area contributed by atoms with Gasteiger partial charge in [0.15, 0.2) is 0 Å². The highest BCUT2D eigenvalue weighted by atomic mass is 79.9. The molecule has 0 aliphatic heterocycles. The standard InChI is InChI=1S/C11H16BrNO/c1-13(9-5-8-12)10-6-3-4-7-11(10)14-2/h3-4,6-7H,5,8-9H2,1-2H3. The van der Waals surface area contributed by atoms with E-state index in [1.807, 2.05) is 18.2 Å². The van der Waals surface area contributed by atoms with Gasteiger partial charge in [0.2, 0.25) is 0 Å². The summed E-state index contributed by atoms with van der Waals surface area (Å²) in [6.45, 7) is 1.03. The molecule has 0 amide bonds. The van der Waals surface area contributed by atoms with Crippen LogP contribution in [0.1, 0.15) is 6.42 Å². The number of methoxy groups -OCH3 is 1. The fourth-order valence-corrected chi connectivity index (χ4v) is 1.61. The normalized spacial score (nSPS) is 9.93. The van der Waals surface area contributed by atoms with Gasteiger partial charge in [-0.3, -0.25) is 0 Å². The molecule has 0 fully saturated rings. The zero-order valence-corrected chi connectivity index (χ0v) is 10.3. The molecule has 1 aromatic carbocycles. The van der Waals surface area contributed by atoms with E-state index in [9.17, 15) is 0 Å². The van der Waals surface area contributed by atoms with Gasteiger partial charge >= 0.3 is 0 Å². The second-order valence-corrected chi connectivity index (χ2v) is 3.93. The number of rotatable bonds is 5. The van der Waals surface area contributed by atoms with Gasteiger partial charge in [-0.2, -0.15) is 0 Å². The Balaban J connectivity index is 2.72. The zero-order chi connectivity index (χ0) is 10.4. The van der Waals surface area contributed by atoms with E-state index in [-0.39, 0.29) is 0 Å². The Kier molecular flexibility index (Phi) is 4.80. The summed E-state index contributed by atoms with van der Waals surface area (Å²) < 4.78 is 5.29. The van der Waals surface area contributed by atoms with Crippen LogP contribution in [0.3, 0.4) is 0 Å². The molecule has 0 unspecified atom stereocenters. The lowest BCUT2D eigenvalue weighted by molar-refractivity contribution is 0.415. The van der Waals surface area contributed by atoms with Crippen molar-refractivity contribution in [2.75, 3.05) is 30.9 Å². The van der Waals surface area contributed by atoms with Crippen molar-refractivity contribution in [2.45, 2.75) is 6.42 Å². The lowest BCUT2D eigenvalue weighted by Crippen LogP contribution is -2.19. The fourth-order valence-electron chi connectivity index (χ4n) is 1.36. The Morgan fingerprint density at radius 3 is 2.71 bits per heavy atom. The Labute approximate surface area is 94.0 Å². The zero-order valence-electron chi connectivity index (χ0n) is 8.66. The van der Waals surface area contributed by atoms with Crippen LogP contribution in [0.5, 0.6) is 5.75 Å². The van der Waals surface area contributed by atoms with E-state index in [4.69, 9.17) is 4.74 Å². The van der Waals surface area contributed by atoms with Crippen LogP contribution in [0.25, 0.3) is 0 Å². The summed E-state index contributed by atoms with van der Waals surface area (Å²) in [6, 6.07) is 8.08. The minimum absolute atomic E-state index is 0.935. The smallest absolute Gasteiger partial charge is 0.142 e. The molecule has 78 valence electrons. The SMILES string of the molecule is COc1ccccc1N(C)CCCBr. The van der Waals surface area contributed by atoms with Gasteiger partial charge in [0.1, 0.15) is 5.75 Å². The molecule has 0 aliphatic rings. The van der Waals surface area contributed by atoms with Gasteiger partial charge in [-0.25, -0.2) is 0 Å². The van der Waals surface area contributed by atoms with E-state index in [1.54, 1.807) is 7.11 Å². The third-order valence-electron chi connectivity index (χ3n) is 2.12. The maximum atomic E-state index is 5.29. The van der Waals surface area contributed by atoms with Crippen molar-refractivity contribution in [3.8, 4) is 5.75 Å². The first-order valence-electron chi connectivity index (χ1n) is 4.69. The topological polar surface area (TPSA) is 12.5 Å². The summed E-state index contributed by atoms with van der Waals surface area (Å²) in [4.78, 5) is 2.21. The van der Waals surface area contributed by atoms with E-state index in [0.29, 0.717) is 0 Å². The number of para-hydroxylation sites is 2. The predicted molar refractivity (Wildman–Crippen MR) is 64.7 cm³/mol. The molecule has 0 radical (unpaired) electrons. The molecule has 0 saturated heterocycles. The van der Waals surface area contributed by atoms with Crippen molar-refractivity contribution in [3.63, 3.8) is 0 Å². The second kappa shape index (κ2) is 5.91. The molecule has 2 nitrogen and oxygen atoms in total. The second-order valence-electron chi connectivity index (χ2n) is 3.14. The van der Waals surface area contributed by atoms with Gasteiger partial charge < -0.3 is 9.64 Å². The maximum Gasteiger partial charge on any atom is 0.142 e. The average molecular weight is 258 g/mol. The number of hydrogen-bond donors (Lipinski definition) is 0.